The summed E-state index contributed by atoms with van der Waals surface area (Å²) in [6.45, 7) is 0. The lowest BCUT2D eigenvalue weighted by molar-refractivity contribution is 0.0906. The average Bonchev–Trinajstić information content (AvgIpc) is 2.98. The number of hydrogen-bond acceptors (Lipinski definition) is 6. The Morgan fingerprint density at radius 1 is 1.03 bits per heavy atom. The number of halogens is 2. The van der Waals surface area contributed by atoms with E-state index in [0.717, 1.165) is 0 Å². The number of hydrogen-bond donors (Lipinski definition) is 0. The van der Waals surface area contributed by atoms with Crippen molar-refractivity contribution in [2.75, 3.05) is 11.2 Å². The number of amides is 1. The predicted octanol–water partition coefficient (Wildman–Crippen LogP) is 5.79. The Labute approximate surface area is 198 Å². The van der Waals surface area contributed by atoms with Crippen molar-refractivity contribution in [3.05, 3.63) is 94.8 Å². The van der Waals surface area contributed by atoms with Crippen LogP contribution >= 0.6 is 23.4 Å². The van der Waals surface area contributed by atoms with Crippen LogP contribution in [0.1, 0.15) is 22.1 Å². The molecule has 1 amide bonds. The minimum absolute atomic E-state index is 0.0235. The summed E-state index contributed by atoms with van der Waals surface area (Å²) in [4.78, 5) is 19.7. The van der Waals surface area contributed by atoms with Crippen LogP contribution in [0.4, 0.5) is 10.1 Å². The molecule has 0 aliphatic carbocycles. The molecule has 164 valence electrons. The van der Waals surface area contributed by atoms with Crippen LogP contribution < -0.4 is 9.64 Å². The van der Waals surface area contributed by atoms with E-state index in [9.17, 15) is 4.79 Å². The zero-order chi connectivity index (χ0) is 22.9. The molecule has 4 aromatic rings. The molecule has 0 spiro atoms. The maximum Gasteiger partial charge on any atom is 0.261 e. The van der Waals surface area contributed by atoms with Gasteiger partial charge in [-0.25, -0.2) is 4.39 Å². The first-order chi connectivity index (χ1) is 16.1. The number of fused-ring (bicyclic) bond motifs is 3. The molecule has 0 saturated heterocycles. The van der Waals surface area contributed by atoms with E-state index in [0.29, 0.717) is 27.7 Å². The molecular formula is C24H16ClFN4O2S. The maximum absolute atomic E-state index is 15.1. The summed E-state index contributed by atoms with van der Waals surface area (Å²) in [7, 11) is 0. The third-order valence-corrected chi connectivity index (χ3v) is 6.05. The van der Waals surface area contributed by atoms with Gasteiger partial charge in [0.1, 0.15) is 5.82 Å². The molecular weight excluding hydrogens is 463 g/mol. The smallest absolute Gasteiger partial charge is 0.261 e. The van der Waals surface area contributed by atoms with Gasteiger partial charge in [-0.3, -0.25) is 9.69 Å². The number of rotatable bonds is 3. The number of para-hydroxylation sites is 1. The maximum atomic E-state index is 15.1. The fourth-order valence-corrected chi connectivity index (χ4v) is 4.23. The Balaban J connectivity index is 1.80. The Bertz CT molecular complexity index is 1340. The molecule has 1 unspecified atom stereocenters. The topological polar surface area (TPSA) is 68.2 Å². The molecule has 1 atom stereocenters. The van der Waals surface area contributed by atoms with Crippen molar-refractivity contribution in [2.45, 2.75) is 11.4 Å². The summed E-state index contributed by atoms with van der Waals surface area (Å²) in [6.07, 6.45) is 0.574. The highest BCUT2D eigenvalue weighted by atomic mass is 35.5. The molecule has 0 saturated carbocycles. The summed E-state index contributed by atoms with van der Waals surface area (Å²) in [5.41, 5.74) is 1.84. The standard InChI is InChI=1S/C24H16ClFN4O2S/c1-33-24-27-21-20(28-29-24)15-10-5-6-13-18(15)30(22(31)14-8-3-2-4-9-14)23(32-21)19-16(25)11-7-12-17(19)26/h2-13,23H,1H3. The summed E-state index contributed by atoms with van der Waals surface area (Å²) in [5, 5.41) is 8.94. The Hall–Kier alpha value is -3.49. The van der Waals surface area contributed by atoms with Crippen molar-refractivity contribution < 1.29 is 13.9 Å². The third kappa shape index (κ3) is 3.81. The van der Waals surface area contributed by atoms with Crippen LogP contribution in [-0.2, 0) is 0 Å². The van der Waals surface area contributed by atoms with Gasteiger partial charge in [0, 0.05) is 11.1 Å². The summed E-state index contributed by atoms with van der Waals surface area (Å²) >= 11 is 7.73. The normalized spacial score (nSPS) is 14.6. The minimum Gasteiger partial charge on any atom is -0.447 e. The van der Waals surface area contributed by atoms with Crippen molar-refractivity contribution in [3.63, 3.8) is 0 Å². The molecule has 3 aromatic carbocycles. The van der Waals surface area contributed by atoms with Crippen LogP contribution in [0.3, 0.4) is 0 Å². The van der Waals surface area contributed by atoms with Crippen LogP contribution in [-0.4, -0.2) is 27.3 Å². The van der Waals surface area contributed by atoms with Gasteiger partial charge in [0.05, 0.1) is 16.3 Å². The van der Waals surface area contributed by atoms with Gasteiger partial charge >= 0.3 is 0 Å². The quantitative estimate of drug-likeness (QED) is 0.347. The Morgan fingerprint density at radius 3 is 2.55 bits per heavy atom. The second-order valence-corrected chi connectivity index (χ2v) is 8.30. The molecule has 9 heteroatoms. The molecule has 1 aliphatic heterocycles. The number of aromatic nitrogens is 3. The number of carbonyl (C=O) groups is 1. The van der Waals surface area contributed by atoms with Gasteiger partial charge in [-0.05, 0) is 36.6 Å². The molecule has 0 radical (unpaired) electrons. The highest BCUT2D eigenvalue weighted by Gasteiger charge is 2.38. The van der Waals surface area contributed by atoms with Crippen LogP contribution in [0.5, 0.6) is 5.88 Å². The lowest BCUT2D eigenvalue weighted by Crippen LogP contribution is -2.38. The van der Waals surface area contributed by atoms with Crippen LogP contribution in [0.2, 0.25) is 5.02 Å². The Morgan fingerprint density at radius 2 is 1.79 bits per heavy atom. The second kappa shape index (κ2) is 8.80. The number of benzene rings is 3. The second-order valence-electron chi connectivity index (χ2n) is 7.12. The first-order valence-corrected chi connectivity index (χ1v) is 11.6. The molecule has 5 rings (SSSR count). The summed E-state index contributed by atoms with van der Waals surface area (Å²) in [6, 6.07) is 20.2. The third-order valence-electron chi connectivity index (χ3n) is 5.18. The molecule has 1 aromatic heterocycles. The number of ether oxygens (including phenoxy) is 1. The molecule has 0 fully saturated rings. The molecule has 1 aliphatic rings. The molecule has 6 nitrogen and oxygen atoms in total. The zero-order valence-corrected chi connectivity index (χ0v) is 18.8. The van der Waals surface area contributed by atoms with Gasteiger partial charge in [-0.2, -0.15) is 4.98 Å². The van der Waals surface area contributed by atoms with Gasteiger partial charge in [0.2, 0.25) is 17.3 Å². The van der Waals surface area contributed by atoms with Crippen molar-refractivity contribution in [2.24, 2.45) is 0 Å². The van der Waals surface area contributed by atoms with Crippen LogP contribution in [0.25, 0.3) is 11.3 Å². The van der Waals surface area contributed by atoms with E-state index in [4.69, 9.17) is 16.3 Å². The minimum atomic E-state index is -1.24. The Kier molecular flexibility index (Phi) is 5.70. The fraction of sp³-hybridized carbons (Fsp3) is 0.0833. The largest absolute Gasteiger partial charge is 0.447 e. The first kappa shape index (κ1) is 21.4. The fourth-order valence-electron chi connectivity index (χ4n) is 3.67. The van der Waals surface area contributed by atoms with E-state index in [1.165, 1.54) is 28.8 Å². The summed E-state index contributed by atoms with van der Waals surface area (Å²) < 4.78 is 21.4. The van der Waals surface area contributed by atoms with Gasteiger partial charge in [-0.15, -0.1) is 10.2 Å². The number of nitrogens with zero attached hydrogens (tertiary/aromatic N) is 4. The highest BCUT2D eigenvalue weighted by molar-refractivity contribution is 7.98. The SMILES string of the molecule is CSc1nnc2c(n1)OC(c1c(F)cccc1Cl)N(C(=O)c1ccccc1)c1ccccc1-2. The number of anilines is 1. The average molecular weight is 479 g/mol. The molecule has 2 heterocycles. The van der Waals surface area contributed by atoms with E-state index in [1.807, 2.05) is 18.4 Å². The number of carbonyl (C=O) groups excluding carboxylic acids is 1. The van der Waals surface area contributed by atoms with E-state index in [1.54, 1.807) is 48.5 Å². The summed E-state index contributed by atoms with van der Waals surface area (Å²) in [5.74, 6) is -0.862. The van der Waals surface area contributed by atoms with Gasteiger partial charge in [-0.1, -0.05) is 65.8 Å². The molecule has 0 bridgehead atoms. The predicted molar refractivity (Wildman–Crippen MR) is 125 cm³/mol. The lowest BCUT2D eigenvalue weighted by atomic mass is 10.1. The monoisotopic (exact) mass is 478 g/mol. The van der Waals surface area contributed by atoms with E-state index >= 15 is 4.39 Å². The first-order valence-electron chi connectivity index (χ1n) is 9.95. The lowest BCUT2D eigenvalue weighted by Gasteiger charge is -2.31. The van der Waals surface area contributed by atoms with Crippen LogP contribution in [0.15, 0.2) is 78.0 Å². The number of thioether (sulfide) groups is 1. The van der Waals surface area contributed by atoms with Crippen LogP contribution in [0, 0.1) is 5.82 Å². The molecule has 33 heavy (non-hydrogen) atoms. The van der Waals surface area contributed by atoms with Crippen molar-refractivity contribution in [1.82, 2.24) is 15.2 Å². The highest BCUT2D eigenvalue weighted by Crippen LogP contribution is 2.45. The van der Waals surface area contributed by atoms with Gasteiger partial charge in [0.15, 0.2) is 5.69 Å². The van der Waals surface area contributed by atoms with Crippen molar-refractivity contribution in [3.8, 4) is 17.1 Å². The van der Waals surface area contributed by atoms with E-state index < -0.39 is 18.0 Å². The van der Waals surface area contributed by atoms with Gasteiger partial charge in [0.25, 0.3) is 5.91 Å². The van der Waals surface area contributed by atoms with E-state index in [-0.39, 0.29) is 16.5 Å². The van der Waals surface area contributed by atoms with Crippen molar-refractivity contribution in [1.29, 1.82) is 0 Å². The zero-order valence-electron chi connectivity index (χ0n) is 17.3. The molecule has 0 N–H and O–H groups in total. The van der Waals surface area contributed by atoms with Crippen molar-refractivity contribution >= 4 is 35.0 Å². The van der Waals surface area contributed by atoms with Gasteiger partial charge < -0.3 is 4.74 Å². The van der Waals surface area contributed by atoms with E-state index in [2.05, 4.69) is 15.2 Å².